The van der Waals surface area contributed by atoms with Gasteiger partial charge in [0, 0.05) is 37.9 Å². The smallest absolute Gasteiger partial charge is 0.0640 e. The molecular weight excluding hydrogens is 250 g/mol. The highest BCUT2D eigenvalue weighted by Gasteiger charge is 2.11. The van der Waals surface area contributed by atoms with Gasteiger partial charge in [0.25, 0.3) is 0 Å². The highest BCUT2D eigenvalue weighted by Crippen LogP contribution is 2.08. The van der Waals surface area contributed by atoms with Crippen molar-refractivity contribution in [2.75, 3.05) is 19.8 Å². The van der Waals surface area contributed by atoms with Gasteiger partial charge >= 0.3 is 0 Å². The minimum Gasteiger partial charge on any atom is -0.381 e. The minimum atomic E-state index is 0.429. The van der Waals surface area contributed by atoms with Gasteiger partial charge in [-0.05, 0) is 45.7 Å². The molecule has 4 nitrogen and oxygen atoms in total. The average molecular weight is 281 g/mol. The molecule has 0 fully saturated rings. The van der Waals surface area contributed by atoms with Crippen molar-refractivity contribution in [2.24, 2.45) is 0 Å². The van der Waals surface area contributed by atoms with Gasteiger partial charge < -0.3 is 10.1 Å². The van der Waals surface area contributed by atoms with Gasteiger partial charge in [0.15, 0.2) is 0 Å². The van der Waals surface area contributed by atoms with Crippen LogP contribution in [0.15, 0.2) is 12.3 Å². The largest absolute Gasteiger partial charge is 0.381 e. The molecule has 0 saturated heterocycles. The number of aromatic nitrogens is 2. The highest BCUT2D eigenvalue weighted by molar-refractivity contribution is 5.02. The van der Waals surface area contributed by atoms with Crippen LogP contribution in [0.3, 0.4) is 0 Å². The van der Waals surface area contributed by atoms with Gasteiger partial charge in [-0.1, -0.05) is 13.8 Å². The lowest BCUT2D eigenvalue weighted by molar-refractivity contribution is 0.124. The summed E-state index contributed by atoms with van der Waals surface area (Å²) in [6, 6.07) is 3.02. The van der Waals surface area contributed by atoms with Crippen molar-refractivity contribution in [3.05, 3.63) is 18.0 Å². The Hall–Kier alpha value is -0.870. The molecule has 0 spiro atoms. The van der Waals surface area contributed by atoms with Gasteiger partial charge in [-0.2, -0.15) is 5.10 Å². The predicted molar refractivity (Wildman–Crippen MR) is 84.1 cm³/mol. The van der Waals surface area contributed by atoms with Crippen molar-refractivity contribution in [2.45, 2.75) is 65.5 Å². The fourth-order valence-corrected chi connectivity index (χ4v) is 2.12. The predicted octanol–water partition coefficient (Wildman–Crippen LogP) is 3.19. The van der Waals surface area contributed by atoms with Crippen molar-refractivity contribution in [3.63, 3.8) is 0 Å². The first-order chi connectivity index (χ1) is 9.67. The van der Waals surface area contributed by atoms with Gasteiger partial charge in [0.2, 0.25) is 0 Å². The molecule has 1 unspecified atom stereocenters. The summed E-state index contributed by atoms with van der Waals surface area (Å²) < 4.78 is 7.64. The zero-order chi connectivity index (χ0) is 14.8. The summed E-state index contributed by atoms with van der Waals surface area (Å²) in [5, 5.41) is 8.24. The van der Waals surface area contributed by atoms with Crippen molar-refractivity contribution in [1.29, 1.82) is 0 Å². The van der Waals surface area contributed by atoms with Crippen molar-refractivity contribution >= 4 is 0 Å². The lowest BCUT2D eigenvalue weighted by Crippen LogP contribution is -2.33. The summed E-state index contributed by atoms with van der Waals surface area (Å²) in [7, 11) is 0. The number of hydrogen-bond acceptors (Lipinski definition) is 3. The van der Waals surface area contributed by atoms with Crippen molar-refractivity contribution in [1.82, 2.24) is 15.1 Å². The van der Waals surface area contributed by atoms with Crippen LogP contribution in [0.4, 0.5) is 0 Å². The molecule has 0 aliphatic rings. The Balaban J connectivity index is 2.44. The van der Waals surface area contributed by atoms with Crippen LogP contribution in [0.1, 0.15) is 58.7 Å². The van der Waals surface area contributed by atoms with E-state index in [9.17, 15) is 0 Å². The zero-order valence-corrected chi connectivity index (χ0v) is 13.6. The second-order valence-electron chi connectivity index (χ2n) is 5.64. The molecule has 116 valence electrons. The molecule has 20 heavy (non-hydrogen) atoms. The molecule has 4 heteroatoms. The fourth-order valence-electron chi connectivity index (χ4n) is 2.12. The first-order valence-electron chi connectivity index (χ1n) is 8.02. The number of ether oxygens (including phenoxy) is 1. The SMILES string of the molecule is CCCNC(CCOCCC)Cc1ccn(C(C)C)n1. The molecule has 1 aromatic rings. The standard InChI is InChI=1S/C16H31N3O/c1-5-9-17-15(8-12-20-11-6-2)13-16-7-10-19(18-16)14(3)4/h7,10,14-15,17H,5-6,8-9,11-13H2,1-4H3. The first kappa shape index (κ1) is 17.2. The molecule has 1 atom stereocenters. The fraction of sp³-hybridized carbons (Fsp3) is 0.812. The van der Waals surface area contributed by atoms with E-state index in [2.05, 4.69) is 50.4 Å². The summed E-state index contributed by atoms with van der Waals surface area (Å²) >= 11 is 0. The minimum absolute atomic E-state index is 0.429. The van der Waals surface area contributed by atoms with Crippen LogP contribution >= 0.6 is 0 Å². The van der Waals surface area contributed by atoms with Gasteiger partial charge in [-0.3, -0.25) is 4.68 Å². The maximum atomic E-state index is 5.61. The molecular formula is C16H31N3O. The van der Waals surface area contributed by atoms with Crippen LogP contribution in [-0.2, 0) is 11.2 Å². The molecule has 0 aliphatic carbocycles. The Morgan fingerprint density at radius 2 is 2.05 bits per heavy atom. The normalized spacial score (nSPS) is 13.1. The summed E-state index contributed by atoms with van der Waals surface area (Å²) in [6.45, 7) is 11.4. The molecule has 1 aromatic heterocycles. The Bertz CT molecular complexity index is 349. The zero-order valence-electron chi connectivity index (χ0n) is 13.6. The molecule has 1 rings (SSSR count). The lowest BCUT2D eigenvalue weighted by atomic mass is 10.1. The van der Waals surface area contributed by atoms with Crippen LogP contribution < -0.4 is 5.32 Å². The third-order valence-corrected chi connectivity index (χ3v) is 3.29. The third-order valence-electron chi connectivity index (χ3n) is 3.29. The summed E-state index contributed by atoms with van der Waals surface area (Å²) in [4.78, 5) is 0. The monoisotopic (exact) mass is 281 g/mol. The van der Waals surface area contributed by atoms with E-state index in [0.29, 0.717) is 12.1 Å². The topological polar surface area (TPSA) is 39.1 Å². The molecule has 0 bridgehead atoms. The Labute approximate surface area is 123 Å². The summed E-state index contributed by atoms with van der Waals surface area (Å²) in [5.74, 6) is 0. The van der Waals surface area contributed by atoms with Crippen LogP contribution in [0.5, 0.6) is 0 Å². The second kappa shape index (κ2) is 9.94. The maximum Gasteiger partial charge on any atom is 0.0640 e. The Morgan fingerprint density at radius 1 is 1.25 bits per heavy atom. The average Bonchev–Trinajstić information content (AvgIpc) is 2.89. The van der Waals surface area contributed by atoms with E-state index >= 15 is 0 Å². The van der Waals surface area contributed by atoms with E-state index in [1.165, 1.54) is 5.69 Å². The number of nitrogens with one attached hydrogen (secondary N) is 1. The molecule has 0 saturated carbocycles. The van der Waals surface area contributed by atoms with E-state index in [1.54, 1.807) is 0 Å². The van der Waals surface area contributed by atoms with E-state index in [0.717, 1.165) is 45.4 Å². The van der Waals surface area contributed by atoms with Crippen LogP contribution in [0, 0.1) is 0 Å². The van der Waals surface area contributed by atoms with Gasteiger partial charge in [0.05, 0.1) is 5.69 Å². The van der Waals surface area contributed by atoms with Crippen LogP contribution in [0.2, 0.25) is 0 Å². The maximum absolute atomic E-state index is 5.61. The van der Waals surface area contributed by atoms with E-state index in [4.69, 9.17) is 4.74 Å². The van der Waals surface area contributed by atoms with Gasteiger partial charge in [-0.15, -0.1) is 0 Å². The van der Waals surface area contributed by atoms with E-state index in [1.807, 2.05) is 4.68 Å². The summed E-state index contributed by atoms with van der Waals surface area (Å²) in [6.07, 6.45) is 6.35. The highest BCUT2D eigenvalue weighted by atomic mass is 16.5. The van der Waals surface area contributed by atoms with Crippen LogP contribution in [0.25, 0.3) is 0 Å². The van der Waals surface area contributed by atoms with E-state index < -0.39 is 0 Å². The Kier molecular flexibility index (Phi) is 8.54. The number of nitrogens with zero attached hydrogens (tertiary/aromatic N) is 2. The lowest BCUT2D eigenvalue weighted by Gasteiger charge is -2.17. The number of hydrogen-bond donors (Lipinski definition) is 1. The molecule has 1 heterocycles. The molecule has 0 aromatic carbocycles. The second-order valence-corrected chi connectivity index (χ2v) is 5.64. The van der Waals surface area contributed by atoms with Crippen molar-refractivity contribution in [3.8, 4) is 0 Å². The van der Waals surface area contributed by atoms with Gasteiger partial charge in [0.1, 0.15) is 0 Å². The Morgan fingerprint density at radius 3 is 2.65 bits per heavy atom. The first-order valence-corrected chi connectivity index (χ1v) is 8.02. The van der Waals surface area contributed by atoms with Gasteiger partial charge in [-0.25, -0.2) is 0 Å². The molecule has 0 aliphatic heterocycles. The molecule has 0 radical (unpaired) electrons. The van der Waals surface area contributed by atoms with Crippen LogP contribution in [-0.4, -0.2) is 35.6 Å². The van der Waals surface area contributed by atoms with E-state index in [-0.39, 0.29) is 0 Å². The number of rotatable bonds is 11. The molecule has 0 amide bonds. The van der Waals surface area contributed by atoms with Crippen molar-refractivity contribution < 1.29 is 4.74 Å². The third kappa shape index (κ3) is 6.53. The summed E-state index contributed by atoms with van der Waals surface area (Å²) in [5.41, 5.74) is 1.17. The quantitative estimate of drug-likeness (QED) is 0.633. The molecule has 1 N–H and O–H groups in total.